The average molecular weight is 266 g/mol. The molecule has 4 nitrogen and oxygen atoms in total. The number of Topliss-reactive ketones (excluding diaryl/α,β-unsaturated/α-hetero) is 1. The van der Waals surface area contributed by atoms with Crippen LogP contribution in [0.1, 0.15) is 16.8 Å². The molecule has 2 aromatic rings. The molecule has 1 aromatic carbocycles. The zero-order valence-corrected chi connectivity index (χ0v) is 10.8. The van der Waals surface area contributed by atoms with Gasteiger partial charge in [-0.3, -0.25) is 9.59 Å². The summed E-state index contributed by atoms with van der Waals surface area (Å²) in [5, 5.41) is 1.38. The summed E-state index contributed by atoms with van der Waals surface area (Å²) in [5.74, 6) is -0.852. The van der Waals surface area contributed by atoms with Gasteiger partial charge in [-0.2, -0.15) is 0 Å². The van der Waals surface area contributed by atoms with Crippen molar-refractivity contribution in [3.63, 3.8) is 0 Å². The van der Waals surface area contributed by atoms with Crippen LogP contribution < -0.4 is 0 Å². The summed E-state index contributed by atoms with van der Waals surface area (Å²) in [6.07, 6.45) is 1.59. The highest BCUT2D eigenvalue weighted by molar-refractivity contribution is 6.36. The summed E-state index contributed by atoms with van der Waals surface area (Å²) in [5.41, 5.74) is 1.27. The molecule has 0 unspecified atom stereocenters. The van der Waals surface area contributed by atoms with Crippen LogP contribution in [0, 0.1) is 0 Å². The fourth-order valence-corrected chi connectivity index (χ4v) is 2.07. The highest BCUT2D eigenvalue weighted by Gasteiger charge is 2.15. The maximum Gasteiger partial charge on any atom is 0.313 e. The van der Waals surface area contributed by atoms with Gasteiger partial charge in [-0.15, -0.1) is 0 Å². The third kappa shape index (κ3) is 2.24. The molecule has 2 rings (SSSR count). The fourth-order valence-electron chi connectivity index (χ4n) is 1.79. The molecule has 0 spiro atoms. The maximum atomic E-state index is 11.9. The van der Waals surface area contributed by atoms with E-state index in [1.54, 1.807) is 12.1 Å². The highest BCUT2D eigenvalue weighted by Crippen LogP contribution is 2.26. The number of aryl methyl sites for hydroxylation is 1. The number of ether oxygens (including phenoxy) is 1. The molecule has 0 aliphatic rings. The summed E-state index contributed by atoms with van der Waals surface area (Å²) in [6.45, 7) is 0. The van der Waals surface area contributed by atoms with Crippen molar-refractivity contribution in [2.45, 2.75) is 6.42 Å². The smallest absolute Gasteiger partial charge is 0.313 e. The second-order valence-electron chi connectivity index (χ2n) is 3.99. The van der Waals surface area contributed by atoms with Crippen LogP contribution in [-0.4, -0.2) is 23.4 Å². The quantitative estimate of drug-likeness (QED) is 0.487. The van der Waals surface area contributed by atoms with Crippen molar-refractivity contribution in [1.29, 1.82) is 0 Å². The van der Waals surface area contributed by atoms with Crippen LogP contribution in [0.2, 0.25) is 5.02 Å². The minimum atomic E-state index is -0.553. The number of carbonyl (C=O) groups is 2. The molecule has 0 N–H and O–H groups in total. The summed E-state index contributed by atoms with van der Waals surface area (Å²) < 4.78 is 6.34. The number of methoxy groups -OCH3 is 1. The predicted octanol–water partition coefficient (Wildman–Crippen LogP) is 2.58. The van der Waals surface area contributed by atoms with Gasteiger partial charge >= 0.3 is 5.97 Å². The topological polar surface area (TPSA) is 48.3 Å². The average Bonchev–Trinajstić information content (AvgIpc) is 2.71. The molecule has 0 aliphatic carbocycles. The molecule has 0 fully saturated rings. The number of halogens is 1. The number of hydrogen-bond donors (Lipinski definition) is 0. The van der Waals surface area contributed by atoms with Gasteiger partial charge in [-0.25, -0.2) is 0 Å². The molecule has 5 heteroatoms. The Kier molecular flexibility index (Phi) is 3.39. The van der Waals surface area contributed by atoms with E-state index in [2.05, 4.69) is 4.74 Å². The molecule has 0 saturated carbocycles. The Bertz CT molecular complexity index is 630. The Morgan fingerprint density at radius 2 is 2.11 bits per heavy atom. The molecule has 18 heavy (non-hydrogen) atoms. The van der Waals surface area contributed by atoms with Crippen LogP contribution in [0.5, 0.6) is 0 Å². The van der Waals surface area contributed by atoms with Crippen LogP contribution in [0.3, 0.4) is 0 Å². The first-order valence-electron chi connectivity index (χ1n) is 5.37. The number of carbonyl (C=O) groups excluding carboxylic acids is 2. The van der Waals surface area contributed by atoms with E-state index in [0.717, 1.165) is 10.9 Å². The molecule has 1 aromatic heterocycles. The van der Waals surface area contributed by atoms with Crippen LogP contribution in [0.4, 0.5) is 0 Å². The van der Waals surface area contributed by atoms with Crippen molar-refractivity contribution in [2.75, 3.05) is 7.11 Å². The lowest BCUT2D eigenvalue weighted by atomic mass is 10.1. The molecule has 0 amide bonds. The number of aromatic nitrogens is 1. The van der Waals surface area contributed by atoms with Crippen molar-refractivity contribution < 1.29 is 14.3 Å². The summed E-state index contributed by atoms with van der Waals surface area (Å²) in [7, 11) is 3.12. The lowest BCUT2D eigenvalue weighted by Gasteiger charge is -2.04. The van der Waals surface area contributed by atoms with Crippen LogP contribution >= 0.6 is 11.6 Å². The molecule has 0 aliphatic heterocycles. The van der Waals surface area contributed by atoms with Gasteiger partial charge in [0, 0.05) is 29.7 Å². The van der Waals surface area contributed by atoms with E-state index in [1.807, 2.05) is 23.9 Å². The molecule has 0 radical (unpaired) electrons. The van der Waals surface area contributed by atoms with Gasteiger partial charge in [0.15, 0.2) is 5.78 Å². The third-order valence-electron chi connectivity index (χ3n) is 2.81. The monoisotopic (exact) mass is 265 g/mol. The van der Waals surface area contributed by atoms with Gasteiger partial charge in [0.05, 0.1) is 12.1 Å². The lowest BCUT2D eigenvalue weighted by molar-refractivity contribution is -0.139. The molecule has 0 atom stereocenters. The zero-order valence-electron chi connectivity index (χ0n) is 10.1. The summed E-state index contributed by atoms with van der Waals surface area (Å²) >= 11 is 6.11. The number of rotatable bonds is 3. The van der Waals surface area contributed by atoms with Crippen molar-refractivity contribution >= 4 is 34.3 Å². The predicted molar refractivity (Wildman–Crippen MR) is 68.9 cm³/mol. The molecule has 0 saturated heterocycles. The fraction of sp³-hybridized carbons (Fsp3) is 0.231. The second kappa shape index (κ2) is 4.82. The van der Waals surface area contributed by atoms with Crippen LogP contribution in [0.15, 0.2) is 24.4 Å². The highest BCUT2D eigenvalue weighted by atomic mass is 35.5. The van der Waals surface area contributed by atoms with E-state index in [-0.39, 0.29) is 12.2 Å². The largest absolute Gasteiger partial charge is 0.469 e. The number of fused-ring (bicyclic) bond motifs is 1. The van der Waals surface area contributed by atoms with Gasteiger partial charge in [0.25, 0.3) is 0 Å². The Labute approximate surface area is 109 Å². The standard InChI is InChI=1S/C13H12ClNO3/c1-15-4-3-9-10(14)5-8(6-11(9)15)12(16)7-13(17)18-2/h3-6H,7H2,1-2H3. The first kappa shape index (κ1) is 12.6. The molecule has 1 heterocycles. The number of esters is 1. The van der Waals surface area contributed by atoms with Gasteiger partial charge in [0.2, 0.25) is 0 Å². The minimum absolute atomic E-state index is 0.275. The first-order valence-corrected chi connectivity index (χ1v) is 5.75. The number of ketones is 1. The van der Waals surface area contributed by atoms with Gasteiger partial charge in [-0.1, -0.05) is 11.6 Å². The molecule has 0 bridgehead atoms. The van der Waals surface area contributed by atoms with E-state index in [0.29, 0.717) is 10.6 Å². The molecule has 94 valence electrons. The van der Waals surface area contributed by atoms with E-state index in [9.17, 15) is 9.59 Å². The van der Waals surface area contributed by atoms with Crippen molar-refractivity contribution in [3.8, 4) is 0 Å². The van der Waals surface area contributed by atoms with Crippen LogP contribution in [0.25, 0.3) is 10.9 Å². The number of nitrogens with zero attached hydrogens (tertiary/aromatic N) is 1. The van der Waals surface area contributed by atoms with E-state index in [1.165, 1.54) is 7.11 Å². The third-order valence-corrected chi connectivity index (χ3v) is 3.12. The zero-order chi connectivity index (χ0) is 13.3. The molecular formula is C13H12ClNO3. The SMILES string of the molecule is COC(=O)CC(=O)c1cc(Cl)c2ccn(C)c2c1. The number of hydrogen-bond acceptors (Lipinski definition) is 3. The van der Waals surface area contributed by atoms with Crippen molar-refractivity contribution in [2.24, 2.45) is 7.05 Å². The molecular weight excluding hydrogens is 254 g/mol. The van der Waals surface area contributed by atoms with Crippen LogP contribution in [-0.2, 0) is 16.6 Å². The Hall–Kier alpha value is -1.81. The Morgan fingerprint density at radius 1 is 1.39 bits per heavy atom. The maximum absolute atomic E-state index is 11.9. The van der Waals surface area contributed by atoms with Gasteiger partial charge in [-0.05, 0) is 18.2 Å². The van der Waals surface area contributed by atoms with E-state index >= 15 is 0 Å². The second-order valence-corrected chi connectivity index (χ2v) is 4.40. The first-order chi connectivity index (χ1) is 8.52. The van der Waals surface area contributed by atoms with E-state index in [4.69, 9.17) is 11.6 Å². The van der Waals surface area contributed by atoms with Crippen molar-refractivity contribution in [3.05, 3.63) is 35.0 Å². The van der Waals surface area contributed by atoms with Gasteiger partial charge < -0.3 is 9.30 Å². The van der Waals surface area contributed by atoms with Gasteiger partial charge in [0.1, 0.15) is 6.42 Å². The Balaban J connectivity index is 2.42. The summed E-state index contributed by atoms with van der Waals surface area (Å²) in [6, 6.07) is 5.19. The minimum Gasteiger partial charge on any atom is -0.469 e. The number of benzene rings is 1. The lowest BCUT2D eigenvalue weighted by Crippen LogP contribution is -2.09. The van der Waals surface area contributed by atoms with E-state index < -0.39 is 5.97 Å². The summed E-state index contributed by atoms with van der Waals surface area (Å²) in [4.78, 5) is 23.0. The Morgan fingerprint density at radius 3 is 2.78 bits per heavy atom. The van der Waals surface area contributed by atoms with Crippen molar-refractivity contribution in [1.82, 2.24) is 4.57 Å². The normalized spacial score (nSPS) is 10.6.